The van der Waals surface area contributed by atoms with E-state index in [0.29, 0.717) is 21.3 Å². The lowest BCUT2D eigenvalue weighted by atomic mass is 10.0. The van der Waals surface area contributed by atoms with Crippen LogP contribution in [0.2, 0.25) is 10.0 Å². The quantitative estimate of drug-likeness (QED) is 0.500. The van der Waals surface area contributed by atoms with Crippen molar-refractivity contribution in [3.05, 3.63) is 74.9 Å². The number of esters is 1. The Morgan fingerprint density at radius 3 is 2.58 bits per heavy atom. The van der Waals surface area contributed by atoms with Crippen molar-refractivity contribution in [1.82, 2.24) is 10.3 Å². The monoisotopic (exact) mass is 460 g/mol. The van der Waals surface area contributed by atoms with E-state index in [-0.39, 0.29) is 12.6 Å². The Morgan fingerprint density at radius 2 is 1.87 bits per heavy atom. The fourth-order valence-electron chi connectivity index (χ4n) is 3.30. The summed E-state index contributed by atoms with van der Waals surface area (Å²) in [4.78, 5) is 29.7. The van der Waals surface area contributed by atoms with Crippen LogP contribution < -0.4 is 5.32 Å². The van der Waals surface area contributed by atoms with Gasteiger partial charge < -0.3 is 14.8 Å². The van der Waals surface area contributed by atoms with Crippen LogP contribution in [0.3, 0.4) is 0 Å². The number of pyridine rings is 1. The van der Waals surface area contributed by atoms with Crippen molar-refractivity contribution in [1.29, 1.82) is 0 Å². The van der Waals surface area contributed by atoms with Crippen LogP contribution >= 0.6 is 23.2 Å². The molecule has 3 aromatic rings. The van der Waals surface area contributed by atoms with Crippen LogP contribution in [-0.2, 0) is 20.9 Å². The third-order valence-electron chi connectivity index (χ3n) is 4.87. The molecule has 3 rings (SSSR count). The van der Waals surface area contributed by atoms with Gasteiger partial charge in [-0.05, 0) is 43.2 Å². The van der Waals surface area contributed by atoms with E-state index in [1.54, 1.807) is 25.1 Å². The number of amides is 1. The third kappa shape index (κ3) is 5.34. The molecule has 1 N–H and O–H groups in total. The van der Waals surface area contributed by atoms with E-state index < -0.39 is 18.5 Å². The summed E-state index contributed by atoms with van der Waals surface area (Å²) < 4.78 is 10.5. The number of carbonyl (C=O) groups excluding carboxylic acids is 2. The van der Waals surface area contributed by atoms with Crippen molar-refractivity contribution in [2.24, 2.45) is 0 Å². The zero-order valence-corrected chi connectivity index (χ0v) is 18.9. The van der Waals surface area contributed by atoms with E-state index in [1.807, 2.05) is 31.2 Å². The number of rotatable bonds is 7. The molecule has 1 atom stereocenters. The second kappa shape index (κ2) is 10.1. The van der Waals surface area contributed by atoms with E-state index in [9.17, 15) is 9.59 Å². The average Bonchev–Trinajstić information content (AvgIpc) is 2.74. The van der Waals surface area contributed by atoms with Crippen molar-refractivity contribution in [3.8, 4) is 0 Å². The van der Waals surface area contributed by atoms with Gasteiger partial charge in [0, 0.05) is 12.5 Å². The van der Waals surface area contributed by atoms with Gasteiger partial charge in [-0.25, -0.2) is 9.78 Å². The Hall–Kier alpha value is -2.67. The molecule has 2 aromatic carbocycles. The third-order valence-corrected chi connectivity index (χ3v) is 5.61. The van der Waals surface area contributed by atoms with Crippen molar-refractivity contribution in [3.63, 3.8) is 0 Å². The number of fused-ring (bicyclic) bond motifs is 1. The normalized spacial score (nSPS) is 11.9. The Balaban J connectivity index is 1.72. The summed E-state index contributed by atoms with van der Waals surface area (Å²) in [5.41, 5.74) is 3.05. The molecule has 0 aliphatic heterocycles. The smallest absolute Gasteiger partial charge is 0.340 e. The largest absolute Gasteiger partial charge is 0.452 e. The molecule has 0 aliphatic rings. The second-order valence-electron chi connectivity index (χ2n) is 7.05. The highest BCUT2D eigenvalue weighted by molar-refractivity contribution is 6.42. The Kier molecular flexibility index (Phi) is 7.49. The van der Waals surface area contributed by atoms with Crippen LogP contribution in [0.15, 0.2) is 42.5 Å². The number of hydrogen-bond donors (Lipinski definition) is 1. The summed E-state index contributed by atoms with van der Waals surface area (Å²) in [5.74, 6) is -1.06. The van der Waals surface area contributed by atoms with Gasteiger partial charge in [-0.1, -0.05) is 47.5 Å². The molecular weight excluding hydrogens is 439 g/mol. The van der Waals surface area contributed by atoms with Crippen molar-refractivity contribution in [2.75, 3.05) is 13.7 Å². The number of carbonyl (C=O) groups is 2. The van der Waals surface area contributed by atoms with Crippen molar-refractivity contribution >= 4 is 46.0 Å². The minimum Gasteiger partial charge on any atom is -0.452 e. The molecule has 31 heavy (non-hydrogen) atoms. The topological polar surface area (TPSA) is 77.5 Å². The maximum absolute atomic E-state index is 12.8. The lowest BCUT2D eigenvalue weighted by Gasteiger charge is -2.16. The molecule has 1 aromatic heterocycles. The van der Waals surface area contributed by atoms with Crippen LogP contribution in [0.1, 0.15) is 40.1 Å². The van der Waals surface area contributed by atoms with Gasteiger partial charge in [-0.3, -0.25) is 4.79 Å². The van der Waals surface area contributed by atoms with Crippen molar-refractivity contribution < 1.29 is 19.1 Å². The molecule has 6 nitrogen and oxygen atoms in total. The number of para-hydroxylation sites is 1. The first kappa shape index (κ1) is 23.0. The molecule has 0 saturated heterocycles. The predicted molar refractivity (Wildman–Crippen MR) is 120 cm³/mol. The molecule has 162 valence electrons. The Morgan fingerprint density at radius 1 is 1.13 bits per heavy atom. The highest BCUT2D eigenvalue weighted by atomic mass is 35.5. The van der Waals surface area contributed by atoms with Gasteiger partial charge in [0.25, 0.3) is 5.91 Å². The molecule has 1 unspecified atom stereocenters. The lowest BCUT2D eigenvalue weighted by molar-refractivity contribution is -0.124. The number of nitrogens with zero attached hydrogens (tertiary/aromatic N) is 1. The standard InChI is InChI=1S/C23H22Cl2N2O4/c1-13-16-6-4-5-7-19(16)27-20(11-30-3)22(13)23(29)31-12-21(28)26-14(2)15-8-9-17(24)18(25)10-15/h4-10,14H,11-12H2,1-3H3,(H,26,28). The van der Waals surface area contributed by atoms with E-state index in [0.717, 1.165) is 22.0 Å². The summed E-state index contributed by atoms with van der Waals surface area (Å²) in [5, 5.41) is 4.45. The number of benzene rings is 2. The van der Waals surface area contributed by atoms with Crippen LogP contribution in [0.25, 0.3) is 10.9 Å². The highest BCUT2D eigenvalue weighted by Gasteiger charge is 2.21. The Labute approximate surface area is 190 Å². The number of halogens is 2. The minimum absolute atomic E-state index is 0.149. The number of aryl methyl sites for hydroxylation is 1. The number of methoxy groups -OCH3 is 1. The maximum Gasteiger partial charge on any atom is 0.340 e. The average molecular weight is 461 g/mol. The molecule has 0 radical (unpaired) electrons. The summed E-state index contributed by atoms with van der Waals surface area (Å²) in [6.45, 7) is 3.35. The first-order valence-electron chi connectivity index (χ1n) is 9.60. The molecule has 0 fully saturated rings. The first-order chi connectivity index (χ1) is 14.8. The number of ether oxygens (including phenoxy) is 2. The van der Waals surface area contributed by atoms with E-state index in [2.05, 4.69) is 10.3 Å². The summed E-state index contributed by atoms with van der Waals surface area (Å²) >= 11 is 12.0. The summed E-state index contributed by atoms with van der Waals surface area (Å²) in [7, 11) is 1.53. The fraction of sp³-hybridized carbons (Fsp3) is 0.261. The van der Waals surface area contributed by atoms with Gasteiger partial charge >= 0.3 is 5.97 Å². The summed E-state index contributed by atoms with van der Waals surface area (Å²) in [6, 6.07) is 12.3. The predicted octanol–water partition coefficient (Wildman–Crippen LogP) is 5.03. The zero-order valence-electron chi connectivity index (χ0n) is 17.4. The number of aromatic nitrogens is 1. The zero-order chi connectivity index (χ0) is 22.5. The molecule has 0 aliphatic carbocycles. The summed E-state index contributed by atoms with van der Waals surface area (Å²) in [6.07, 6.45) is 0. The minimum atomic E-state index is -0.625. The maximum atomic E-state index is 12.8. The van der Waals surface area contributed by atoms with Crippen LogP contribution in [0, 0.1) is 6.92 Å². The van der Waals surface area contributed by atoms with Crippen molar-refractivity contribution in [2.45, 2.75) is 26.5 Å². The first-order valence-corrected chi connectivity index (χ1v) is 10.4. The molecule has 8 heteroatoms. The van der Waals surface area contributed by atoms with Gasteiger partial charge in [-0.2, -0.15) is 0 Å². The molecule has 1 amide bonds. The number of hydrogen-bond acceptors (Lipinski definition) is 5. The van der Waals surface area contributed by atoms with Gasteiger partial charge in [-0.15, -0.1) is 0 Å². The van der Waals surface area contributed by atoms with Gasteiger partial charge in [0.15, 0.2) is 6.61 Å². The number of nitrogens with one attached hydrogen (secondary N) is 1. The second-order valence-corrected chi connectivity index (χ2v) is 7.86. The molecule has 1 heterocycles. The fourth-order valence-corrected chi connectivity index (χ4v) is 3.61. The lowest BCUT2D eigenvalue weighted by Crippen LogP contribution is -2.31. The van der Waals surface area contributed by atoms with Crippen LogP contribution in [0.4, 0.5) is 0 Å². The van der Waals surface area contributed by atoms with Gasteiger partial charge in [0.1, 0.15) is 0 Å². The van der Waals surface area contributed by atoms with E-state index in [1.165, 1.54) is 7.11 Å². The molecular formula is C23H22Cl2N2O4. The van der Waals surface area contributed by atoms with Crippen LogP contribution in [0.5, 0.6) is 0 Å². The molecule has 0 spiro atoms. The van der Waals surface area contributed by atoms with Gasteiger partial charge in [0.05, 0.1) is 39.5 Å². The van der Waals surface area contributed by atoms with E-state index >= 15 is 0 Å². The van der Waals surface area contributed by atoms with Gasteiger partial charge in [0.2, 0.25) is 0 Å². The van der Waals surface area contributed by atoms with E-state index in [4.69, 9.17) is 32.7 Å². The van der Waals surface area contributed by atoms with Crippen LogP contribution in [-0.4, -0.2) is 30.6 Å². The molecule has 0 saturated carbocycles. The highest BCUT2D eigenvalue weighted by Crippen LogP contribution is 2.26. The molecule has 0 bridgehead atoms. The Bertz CT molecular complexity index is 1130. The SMILES string of the molecule is COCc1nc2ccccc2c(C)c1C(=O)OCC(=O)NC(C)c1ccc(Cl)c(Cl)c1.